The quantitative estimate of drug-likeness (QED) is 0.551. The molecule has 0 aliphatic rings. The van der Waals surface area contributed by atoms with Crippen molar-refractivity contribution in [1.82, 2.24) is 5.32 Å². The summed E-state index contributed by atoms with van der Waals surface area (Å²) in [4.78, 5) is 10.6. The second-order valence-electron chi connectivity index (χ2n) is 3.89. The zero-order chi connectivity index (χ0) is 21.8. The van der Waals surface area contributed by atoms with Crippen LogP contribution in [0.5, 0.6) is 0 Å². The summed E-state index contributed by atoms with van der Waals surface area (Å²) in [6, 6.07) is -3.08. The van der Waals surface area contributed by atoms with Crippen LogP contribution in [0.2, 0.25) is 0 Å². The molecule has 0 aromatic rings. The van der Waals surface area contributed by atoms with Gasteiger partial charge in [0.25, 0.3) is 0 Å². The third kappa shape index (κ3) is 3.14. The SMILES string of the molecule is NC(=O)NC(S(=O)(=O)C(F)(F)F)(S(=O)(=O)C(F)(F)F)S(=O)(=O)C(F)(F)F. The van der Waals surface area contributed by atoms with Crippen LogP contribution < -0.4 is 11.1 Å². The lowest BCUT2D eigenvalue weighted by atomic mass is 11.0. The number of sulfone groups is 3. The highest BCUT2D eigenvalue weighted by atomic mass is 32.3. The van der Waals surface area contributed by atoms with Crippen LogP contribution in [0.1, 0.15) is 0 Å². The van der Waals surface area contributed by atoms with Gasteiger partial charge < -0.3 is 5.73 Å². The van der Waals surface area contributed by atoms with Gasteiger partial charge in [0.15, 0.2) is 0 Å². The van der Waals surface area contributed by atoms with Gasteiger partial charge in [-0.3, -0.25) is 5.32 Å². The van der Waals surface area contributed by atoms with Gasteiger partial charge in [-0.05, 0) is 0 Å². The van der Waals surface area contributed by atoms with Crippen molar-refractivity contribution in [3.63, 3.8) is 0 Å². The third-order valence-electron chi connectivity index (χ3n) is 2.25. The average molecular weight is 470 g/mol. The number of hydrogen-bond acceptors (Lipinski definition) is 7. The van der Waals surface area contributed by atoms with Crippen molar-refractivity contribution in [1.29, 1.82) is 0 Å². The Hall–Kier alpha value is -1.51. The van der Waals surface area contributed by atoms with Gasteiger partial charge in [0.05, 0.1) is 0 Å². The molecule has 0 bridgehead atoms. The number of carbonyl (C=O) groups is 1. The van der Waals surface area contributed by atoms with Crippen molar-refractivity contribution in [2.75, 3.05) is 0 Å². The van der Waals surface area contributed by atoms with Gasteiger partial charge in [-0.2, -0.15) is 39.5 Å². The smallest absolute Gasteiger partial charge is 0.352 e. The zero-order valence-corrected chi connectivity index (χ0v) is 13.5. The minimum absolute atomic E-state index is 0.551. The topological polar surface area (TPSA) is 158 Å². The van der Waals surface area contributed by atoms with E-state index in [4.69, 9.17) is 0 Å². The Morgan fingerprint density at radius 3 is 0.923 bits per heavy atom. The van der Waals surface area contributed by atoms with Gasteiger partial charge in [0, 0.05) is 0 Å². The fraction of sp³-hybridized carbons (Fsp3) is 0.800. The molecular weight excluding hydrogens is 467 g/mol. The predicted molar refractivity (Wildman–Crippen MR) is 60.4 cm³/mol. The highest BCUT2D eigenvalue weighted by molar-refractivity contribution is 8.26. The molecule has 9 nitrogen and oxygen atoms in total. The second-order valence-corrected chi connectivity index (χ2v) is 10.9. The Kier molecular flexibility index (Phi) is 5.65. The van der Waals surface area contributed by atoms with Crippen LogP contribution in [0.15, 0.2) is 0 Å². The van der Waals surface area contributed by atoms with Gasteiger partial charge in [0.1, 0.15) is 0 Å². The van der Waals surface area contributed by atoms with Gasteiger partial charge in [0.2, 0.25) is 0 Å². The fourth-order valence-electron chi connectivity index (χ4n) is 1.24. The third-order valence-corrected chi connectivity index (χ3v) is 10.5. The van der Waals surface area contributed by atoms with Crippen molar-refractivity contribution >= 4 is 35.5 Å². The maximum atomic E-state index is 12.6. The Bertz CT molecular complexity index is 785. The Labute approximate surface area is 137 Å². The molecule has 2 amide bonds. The Balaban J connectivity index is 7.97. The number of primary amides is 1. The van der Waals surface area contributed by atoms with E-state index in [1.54, 1.807) is 0 Å². The summed E-state index contributed by atoms with van der Waals surface area (Å²) < 4.78 is 174. The molecule has 0 aliphatic carbocycles. The number of nitrogens with two attached hydrogens (primary N) is 1. The standard InChI is InChI=1S/C5H3F9N2O7S3/c6-2(7,8)24(18,19)5(16-1(15)17,25(20,21)3(9,10)11)26(22,23)4(12,13)14/h(H3,15,16,17). The lowest BCUT2D eigenvalue weighted by Crippen LogP contribution is -2.72. The van der Waals surface area contributed by atoms with Gasteiger partial charge in [-0.1, -0.05) is 0 Å². The number of carbonyl (C=O) groups excluding carboxylic acids is 1. The lowest BCUT2D eigenvalue weighted by molar-refractivity contribution is -0.0518. The monoisotopic (exact) mass is 470 g/mol. The minimum Gasteiger partial charge on any atom is -0.352 e. The molecule has 0 spiro atoms. The molecule has 0 radical (unpaired) electrons. The molecule has 0 saturated heterocycles. The van der Waals surface area contributed by atoms with Gasteiger partial charge >= 0.3 is 55.6 Å². The maximum absolute atomic E-state index is 12.6. The molecule has 0 rings (SSSR count). The summed E-state index contributed by atoms with van der Waals surface area (Å²) in [6.45, 7) is 0. The maximum Gasteiger partial charge on any atom is 0.501 e. The number of urea groups is 1. The highest BCUT2D eigenvalue weighted by Crippen LogP contribution is 2.49. The summed E-state index contributed by atoms with van der Waals surface area (Å²) >= 11 is 0. The Morgan fingerprint density at radius 2 is 0.808 bits per heavy atom. The molecule has 26 heavy (non-hydrogen) atoms. The normalized spacial score (nSPS) is 15.6. The second kappa shape index (κ2) is 6.00. The lowest BCUT2D eigenvalue weighted by Gasteiger charge is -2.33. The molecule has 156 valence electrons. The first-order valence-electron chi connectivity index (χ1n) is 4.92. The van der Waals surface area contributed by atoms with E-state index in [0.717, 1.165) is 0 Å². The van der Waals surface area contributed by atoms with E-state index in [1.165, 1.54) is 0 Å². The van der Waals surface area contributed by atoms with Gasteiger partial charge in [-0.25, -0.2) is 30.0 Å². The van der Waals surface area contributed by atoms with E-state index in [2.05, 4.69) is 5.73 Å². The minimum atomic E-state index is -8.50. The van der Waals surface area contributed by atoms with E-state index >= 15 is 0 Å². The highest BCUT2D eigenvalue weighted by Gasteiger charge is 2.84. The van der Waals surface area contributed by atoms with Crippen molar-refractivity contribution in [2.24, 2.45) is 5.73 Å². The van der Waals surface area contributed by atoms with E-state index in [1.807, 2.05) is 0 Å². The van der Waals surface area contributed by atoms with E-state index in [-0.39, 0.29) is 0 Å². The molecule has 0 heterocycles. The molecule has 0 aromatic heterocycles. The number of halogens is 9. The van der Waals surface area contributed by atoms with Crippen molar-refractivity contribution in [3.8, 4) is 0 Å². The molecule has 21 heteroatoms. The van der Waals surface area contributed by atoms with Crippen molar-refractivity contribution < 1.29 is 69.6 Å². The molecule has 0 fully saturated rings. The predicted octanol–water partition coefficient (Wildman–Crippen LogP) is 0.0698. The number of rotatable bonds is 4. The van der Waals surface area contributed by atoms with E-state index in [0.29, 0.717) is 0 Å². The number of hydrogen-bond donors (Lipinski definition) is 2. The van der Waals surface area contributed by atoms with Crippen molar-refractivity contribution in [2.45, 2.75) is 20.1 Å². The van der Waals surface area contributed by atoms with Gasteiger partial charge in [-0.15, -0.1) is 0 Å². The van der Waals surface area contributed by atoms with Crippen molar-refractivity contribution in [3.05, 3.63) is 0 Å². The van der Waals surface area contributed by atoms with E-state index < -0.39 is 60.9 Å². The van der Waals surface area contributed by atoms with Crippen LogP contribution in [0, 0.1) is 0 Å². The molecule has 0 saturated carbocycles. The van der Waals surface area contributed by atoms with Crippen LogP contribution in [0.3, 0.4) is 0 Å². The Morgan fingerprint density at radius 1 is 0.615 bits per heavy atom. The van der Waals surface area contributed by atoms with Crippen LogP contribution in [0.25, 0.3) is 0 Å². The largest absolute Gasteiger partial charge is 0.501 e. The average Bonchev–Trinajstić information content (AvgIpc) is 2.30. The molecule has 0 atom stereocenters. The summed E-state index contributed by atoms with van der Waals surface area (Å²) in [5.74, 6) is 0. The van der Waals surface area contributed by atoms with Crippen LogP contribution in [0.4, 0.5) is 44.3 Å². The molecule has 0 unspecified atom stereocenters. The summed E-state index contributed by atoms with van der Waals surface area (Å²) in [7, 11) is -25.5. The van der Waals surface area contributed by atoms with Crippen LogP contribution >= 0.6 is 0 Å². The first-order valence-corrected chi connectivity index (χ1v) is 9.37. The summed E-state index contributed by atoms with van der Waals surface area (Å²) in [6.07, 6.45) is 0. The summed E-state index contributed by atoms with van der Waals surface area (Å²) in [5, 5.41) is -0.551. The molecule has 3 N–H and O–H groups in total. The first-order chi connectivity index (χ1) is 10.9. The van der Waals surface area contributed by atoms with E-state index in [9.17, 15) is 69.6 Å². The van der Waals surface area contributed by atoms with Crippen LogP contribution in [-0.2, 0) is 29.5 Å². The number of amides is 2. The fourth-order valence-corrected chi connectivity index (χ4v) is 8.03. The summed E-state index contributed by atoms with van der Waals surface area (Å²) in [5.41, 5.74) is -18.1. The first kappa shape index (κ1) is 24.5. The molecule has 0 aromatic carbocycles. The van der Waals surface area contributed by atoms with Crippen LogP contribution in [-0.4, -0.2) is 51.3 Å². The zero-order valence-electron chi connectivity index (χ0n) is 11.1. The number of nitrogens with one attached hydrogen (secondary N) is 1. The molecular formula is C5H3F9N2O7S3. The number of alkyl halides is 9. The molecule has 0 aliphatic heterocycles.